The number of aliphatic hydroxyl groups is 2. The first kappa shape index (κ1) is 21.5. The molecule has 152 valence electrons. The van der Waals surface area contributed by atoms with Gasteiger partial charge in [0.05, 0.1) is 13.2 Å². The van der Waals surface area contributed by atoms with E-state index in [2.05, 4.69) is 23.8 Å². The van der Waals surface area contributed by atoms with Crippen LogP contribution in [0.3, 0.4) is 0 Å². The van der Waals surface area contributed by atoms with Gasteiger partial charge < -0.3 is 35.1 Å². The van der Waals surface area contributed by atoms with Gasteiger partial charge in [0.25, 0.3) is 0 Å². The van der Waals surface area contributed by atoms with Gasteiger partial charge in [0.2, 0.25) is 11.8 Å². The van der Waals surface area contributed by atoms with Crippen molar-refractivity contribution in [3.8, 4) is 0 Å². The zero-order chi connectivity index (χ0) is 20.2. The monoisotopic (exact) mass is 384 g/mol. The van der Waals surface area contributed by atoms with Gasteiger partial charge in [-0.05, 0) is 13.8 Å². The maximum Gasteiger partial charge on any atom is 0.248 e. The van der Waals surface area contributed by atoms with E-state index in [0.717, 1.165) is 0 Å². The second-order valence-corrected chi connectivity index (χ2v) is 6.94. The minimum Gasteiger partial charge on any atom is -0.396 e. The SMILES string of the molecule is C=C(C)C(=O)NC(CCO)(OC(CCO)(NC(=O)C(=C)C)C1CO1)C1CO1. The van der Waals surface area contributed by atoms with E-state index in [1.807, 2.05) is 0 Å². The smallest absolute Gasteiger partial charge is 0.248 e. The molecule has 9 nitrogen and oxygen atoms in total. The van der Waals surface area contributed by atoms with Gasteiger partial charge in [-0.3, -0.25) is 9.59 Å². The molecule has 0 aromatic heterocycles. The Morgan fingerprint density at radius 1 is 0.963 bits per heavy atom. The van der Waals surface area contributed by atoms with Crippen LogP contribution in [0.4, 0.5) is 0 Å². The number of rotatable bonds is 12. The maximum atomic E-state index is 12.3. The van der Waals surface area contributed by atoms with E-state index in [1.165, 1.54) is 0 Å². The molecule has 0 spiro atoms. The molecule has 4 atom stereocenters. The van der Waals surface area contributed by atoms with Gasteiger partial charge in [0.1, 0.15) is 12.2 Å². The van der Waals surface area contributed by atoms with E-state index >= 15 is 0 Å². The Labute approximate surface area is 158 Å². The molecule has 0 aromatic rings. The lowest BCUT2D eigenvalue weighted by atomic mass is 10.00. The highest BCUT2D eigenvalue weighted by molar-refractivity contribution is 5.93. The number of hydrogen-bond donors (Lipinski definition) is 4. The summed E-state index contributed by atoms with van der Waals surface area (Å²) < 4.78 is 17.0. The standard InChI is InChI=1S/C18H28N2O7/c1-11(2)15(23)19-17(5-7-21,13-9-25-13)27-18(6-8-22,14-10-26-14)20-16(24)12(3)4/h13-14,21-22H,1,3,5-10H2,2,4H3,(H,19,23)(H,20,24). The third kappa shape index (κ3) is 5.14. The molecule has 4 N–H and O–H groups in total. The Balaban J connectivity index is 2.38. The second kappa shape index (κ2) is 8.49. The topological polar surface area (TPSA) is 133 Å². The molecule has 0 saturated carbocycles. The minimum atomic E-state index is -1.42. The van der Waals surface area contributed by atoms with Gasteiger partial charge in [-0.1, -0.05) is 13.2 Å². The van der Waals surface area contributed by atoms with E-state index in [0.29, 0.717) is 13.2 Å². The summed E-state index contributed by atoms with van der Waals surface area (Å²) in [4.78, 5) is 24.6. The van der Waals surface area contributed by atoms with Crippen LogP contribution in [0.2, 0.25) is 0 Å². The molecule has 0 bridgehead atoms. The Bertz CT molecular complexity index is 563. The Morgan fingerprint density at radius 2 is 1.30 bits per heavy atom. The van der Waals surface area contributed by atoms with E-state index in [-0.39, 0.29) is 37.2 Å². The molecule has 9 heteroatoms. The lowest BCUT2D eigenvalue weighted by Crippen LogP contribution is -2.66. The summed E-state index contributed by atoms with van der Waals surface area (Å²) >= 11 is 0. The molecule has 4 unspecified atom stereocenters. The van der Waals surface area contributed by atoms with Gasteiger partial charge in [-0.15, -0.1) is 0 Å². The van der Waals surface area contributed by atoms with Crippen molar-refractivity contribution in [1.82, 2.24) is 10.6 Å². The average Bonchev–Trinajstić information content (AvgIpc) is 3.47. The van der Waals surface area contributed by atoms with Crippen LogP contribution in [0, 0.1) is 0 Å². The molecule has 0 aliphatic carbocycles. The van der Waals surface area contributed by atoms with Gasteiger partial charge in [0, 0.05) is 37.2 Å². The second-order valence-electron chi connectivity index (χ2n) is 6.94. The van der Waals surface area contributed by atoms with E-state index in [9.17, 15) is 19.8 Å². The molecule has 0 aromatic carbocycles. The van der Waals surface area contributed by atoms with Crippen molar-refractivity contribution in [2.75, 3.05) is 26.4 Å². The molecular formula is C18H28N2O7. The predicted octanol–water partition coefficient (Wildman–Crippen LogP) is -0.657. The van der Waals surface area contributed by atoms with Gasteiger partial charge in [-0.2, -0.15) is 0 Å². The summed E-state index contributed by atoms with van der Waals surface area (Å²) in [6, 6.07) is 0. The molecule has 2 saturated heterocycles. The van der Waals surface area contributed by atoms with Crippen LogP contribution in [0.25, 0.3) is 0 Å². The number of aliphatic hydroxyl groups excluding tert-OH is 2. The van der Waals surface area contributed by atoms with Crippen molar-refractivity contribution >= 4 is 11.8 Å². The van der Waals surface area contributed by atoms with Crippen molar-refractivity contribution in [2.45, 2.75) is 50.3 Å². The molecule has 27 heavy (non-hydrogen) atoms. The largest absolute Gasteiger partial charge is 0.396 e. The van der Waals surface area contributed by atoms with Gasteiger partial charge >= 0.3 is 0 Å². The van der Waals surface area contributed by atoms with Crippen LogP contribution < -0.4 is 10.6 Å². The first-order chi connectivity index (χ1) is 12.7. The van der Waals surface area contributed by atoms with Crippen LogP contribution in [-0.4, -0.2) is 72.1 Å². The van der Waals surface area contributed by atoms with E-state index in [4.69, 9.17) is 14.2 Å². The zero-order valence-electron chi connectivity index (χ0n) is 15.7. The number of hydrogen-bond acceptors (Lipinski definition) is 7. The molecule has 0 radical (unpaired) electrons. The summed E-state index contributed by atoms with van der Waals surface area (Å²) in [5, 5.41) is 24.6. The predicted molar refractivity (Wildman–Crippen MR) is 95.3 cm³/mol. The summed E-state index contributed by atoms with van der Waals surface area (Å²) in [6.07, 6.45) is -1.02. The first-order valence-electron chi connectivity index (χ1n) is 8.81. The maximum absolute atomic E-state index is 12.3. The molecule has 2 rings (SSSR count). The quantitative estimate of drug-likeness (QED) is 0.199. The summed E-state index contributed by atoms with van der Waals surface area (Å²) in [5.41, 5.74) is -2.34. The van der Waals surface area contributed by atoms with E-state index < -0.39 is 35.5 Å². The number of carbonyl (C=O) groups is 2. The van der Waals surface area contributed by atoms with Crippen molar-refractivity contribution in [1.29, 1.82) is 0 Å². The fourth-order valence-corrected chi connectivity index (χ4v) is 2.78. The van der Waals surface area contributed by atoms with E-state index in [1.54, 1.807) is 13.8 Å². The minimum absolute atomic E-state index is 0.0134. The lowest BCUT2D eigenvalue weighted by molar-refractivity contribution is -0.215. The van der Waals surface area contributed by atoms with Crippen molar-refractivity contribution < 1.29 is 34.0 Å². The van der Waals surface area contributed by atoms with Crippen molar-refractivity contribution in [3.05, 3.63) is 24.3 Å². The van der Waals surface area contributed by atoms with Crippen LogP contribution in [0.5, 0.6) is 0 Å². The molecule has 2 aliphatic rings. The normalized spacial score (nSPS) is 24.9. The van der Waals surface area contributed by atoms with Crippen LogP contribution in [0.1, 0.15) is 26.7 Å². The lowest BCUT2D eigenvalue weighted by Gasteiger charge is -2.43. The zero-order valence-corrected chi connectivity index (χ0v) is 15.7. The highest BCUT2D eigenvalue weighted by Crippen LogP contribution is 2.39. The number of epoxide rings is 2. The Morgan fingerprint density at radius 3 is 1.52 bits per heavy atom. The fraction of sp³-hybridized carbons (Fsp3) is 0.667. The highest BCUT2D eigenvalue weighted by atomic mass is 16.7. The number of amides is 2. The van der Waals surface area contributed by atoms with Crippen LogP contribution >= 0.6 is 0 Å². The Kier molecular flexibility index (Phi) is 6.77. The highest BCUT2D eigenvalue weighted by Gasteiger charge is 2.58. The van der Waals surface area contributed by atoms with Gasteiger partial charge in [-0.25, -0.2) is 0 Å². The van der Waals surface area contributed by atoms with Crippen LogP contribution in [0.15, 0.2) is 24.3 Å². The molecule has 2 fully saturated rings. The fourth-order valence-electron chi connectivity index (χ4n) is 2.78. The molecular weight excluding hydrogens is 356 g/mol. The van der Waals surface area contributed by atoms with Crippen LogP contribution in [-0.2, 0) is 23.8 Å². The molecule has 2 heterocycles. The number of carbonyl (C=O) groups excluding carboxylic acids is 2. The molecule has 2 amide bonds. The number of nitrogens with one attached hydrogen (secondary N) is 2. The average molecular weight is 384 g/mol. The molecule has 2 aliphatic heterocycles. The third-order valence-electron chi connectivity index (χ3n) is 4.46. The first-order valence-corrected chi connectivity index (χ1v) is 8.81. The number of ether oxygens (including phenoxy) is 3. The summed E-state index contributed by atoms with van der Waals surface area (Å²) in [7, 11) is 0. The summed E-state index contributed by atoms with van der Waals surface area (Å²) in [6.45, 7) is 10.3. The van der Waals surface area contributed by atoms with Gasteiger partial charge in [0.15, 0.2) is 11.4 Å². The Hall–Kier alpha value is -1.78. The summed E-state index contributed by atoms with van der Waals surface area (Å²) in [5.74, 6) is -0.945. The third-order valence-corrected chi connectivity index (χ3v) is 4.46. The van der Waals surface area contributed by atoms with Crippen molar-refractivity contribution in [3.63, 3.8) is 0 Å². The van der Waals surface area contributed by atoms with Crippen molar-refractivity contribution in [2.24, 2.45) is 0 Å².